The molecular formula is C33H40N2O5. The Balaban J connectivity index is 1.25. The van der Waals surface area contributed by atoms with E-state index in [0.717, 1.165) is 41.7 Å². The van der Waals surface area contributed by atoms with Gasteiger partial charge in [-0.15, -0.1) is 0 Å². The van der Waals surface area contributed by atoms with Gasteiger partial charge in [0.15, 0.2) is 5.60 Å². The third-order valence-electron chi connectivity index (χ3n) is 7.54. The van der Waals surface area contributed by atoms with E-state index in [0.29, 0.717) is 26.3 Å². The van der Waals surface area contributed by atoms with Crippen molar-refractivity contribution < 1.29 is 24.2 Å². The Hall–Kier alpha value is -3.84. The Kier molecular flexibility index (Phi) is 9.83. The summed E-state index contributed by atoms with van der Waals surface area (Å²) in [6.07, 6.45) is 2.78. The maximum Gasteiger partial charge on any atom is 0.336 e. The van der Waals surface area contributed by atoms with Crippen molar-refractivity contribution in [3.8, 4) is 16.9 Å². The monoisotopic (exact) mass is 544 g/mol. The molecule has 0 radical (unpaired) electrons. The second kappa shape index (κ2) is 13.5. The van der Waals surface area contributed by atoms with Gasteiger partial charge in [0, 0.05) is 39.6 Å². The normalized spacial score (nSPS) is 16.7. The van der Waals surface area contributed by atoms with Crippen molar-refractivity contribution in [1.29, 1.82) is 0 Å². The summed E-state index contributed by atoms with van der Waals surface area (Å²) in [6.45, 7) is 5.81. The van der Waals surface area contributed by atoms with E-state index in [2.05, 4.69) is 36.4 Å². The third kappa shape index (κ3) is 7.42. The molecule has 1 fully saturated rings. The molecule has 1 aliphatic heterocycles. The molecule has 1 heterocycles. The highest BCUT2D eigenvalue weighted by Crippen LogP contribution is 2.24. The largest absolute Gasteiger partial charge is 0.494 e. The molecule has 3 aromatic rings. The molecule has 0 unspecified atom stereocenters. The predicted octanol–water partition coefficient (Wildman–Crippen LogP) is 6.26. The Labute approximate surface area is 237 Å². The van der Waals surface area contributed by atoms with Crippen LogP contribution in [0.5, 0.6) is 5.75 Å². The molecule has 0 saturated carbocycles. The molecular weight excluding hydrogens is 504 g/mol. The van der Waals surface area contributed by atoms with Crippen molar-refractivity contribution in [2.45, 2.75) is 57.7 Å². The first-order valence-electron chi connectivity index (χ1n) is 14.0. The molecule has 1 saturated heterocycles. The maximum absolute atomic E-state index is 12.9. The SMILES string of the molecule is CCCCO[C@@](C)(Cc1ccc(OCC[C@@H]2CN(Cc3ccc(-c4ccccc4)cc3)C(=O)N2C)cc1)C(=O)O. The van der Waals surface area contributed by atoms with Crippen LogP contribution in [-0.4, -0.2) is 65.4 Å². The molecule has 7 heteroatoms. The van der Waals surface area contributed by atoms with Gasteiger partial charge >= 0.3 is 12.0 Å². The van der Waals surface area contributed by atoms with Crippen LogP contribution >= 0.6 is 0 Å². The van der Waals surface area contributed by atoms with Crippen molar-refractivity contribution in [3.63, 3.8) is 0 Å². The molecule has 4 rings (SSSR count). The van der Waals surface area contributed by atoms with E-state index in [1.54, 1.807) is 11.8 Å². The molecule has 0 bridgehead atoms. The number of rotatable bonds is 14. The number of nitrogens with zero attached hydrogens (tertiary/aromatic N) is 2. The highest BCUT2D eigenvalue weighted by atomic mass is 16.5. The number of carbonyl (C=O) groups is 2. The number of ether oxygens (including phenoxy) is 2. The topological polar surface area (TPSA) is 79.3 Å². The molecule has 2 atom stereocenters. The first-order chi connectivity index (χ1) is 19.3. The third-order valence-corrected chi connectivity index (χ3v) is 7.54. The number of urea groups is 1. The molecule has 1 N–H and O–H groups in total. The quantitative estimate of drug-likeness (QED) is 0.242. The van der Waals surface area contributed by atoms with E-state index < -0.39 is 11.6 Å². The first kappa shape index (κ1) is 29.2. The van der Waals surface area contributed by atoms with Gasteiger partial charge in [-0.1, -0.05) is 80.1 Å². The lowest BCUT2D eigenvalue weighted by molar-refractivity contribution is -0.163. The Bertz CT molecular complexity index is 1250. The molecule has 40 heavy (non-hydrogen) atoms. The van der Waals surface area contributed by atoms with E-state index in [4.69, 9.17) is 9.47 Å². The summed E-state index contributed by atoms with van der Waals surface area (Å²) in [7, 11) is 1.85. The molecule has 0 spiro atoms. The van der Waals surface area contributed by atoms with Crippen molar-refractivity contribution >= 4 is 12.0 Å². The van der Waals surface area contributed by atoms with Gasteiger partial charge < -0.3 is 24.4 Å². The average molecular weight is 545 g/mol. The zero-order valence-electron chi connectivity index (χ0n) is 23.7. The Morgan fingerprint density at radius 2 is 1.60 bits per heavy atom. The number of carbonyl (C=O) groups excluding carboxylic acids is 1. The molecule has 2 amide bonds. The highest BCUT2D eigenvalue weighted by molar-refractivity contribution is 5.77. The molecule has 0 aliphatic carbocycles. The second-order valence-corrected chi connectivity index (χ2v) is 10.7. The zero-order chi connectivity index (χ0) is 28.5. The summed E-state index contributed by atoms with van der Waals surface area (Å²) >= 11 is 0. The number of likely N-dealkylation sites (N-methyl/N-ethyl adjacent to an activating group) is 1. The van der Waals surface area contributed by atoms with Gasteiger partial charge in [-0.25, -0.2) is 9.59 Å². The zero-order valence-corrected chi connectivity index (χ0v) is 23.7. The minimum absolute atomic E-state index is 0.0316. The number of benzene rings is 3. The van der Waals surface area contributed by atoms with E-state index in [1.807, 2.05) is 61.3 Å². The molecule has 1 aliphatic rings. The molecule has 7 nitrogen and oxygen atoms in total. The van der Waals surface area contributed by atoms with Crippen LogP contribution in [0.3, 0.4) is 0 Å². The molecule has 3 aromatic carbocycles. The lowest BCUT2D eigenvalue weighted by Crippen LogP contribution is -2.41. The summed E-state index contributed by atoms with van der Waals surface area (Å²) in [4.78, 5) is 28.4. The van der Waals surface area contributed by atoms with Crippen molar-refractivity contribution in [3.05, 3.63) is 90.0 Å². The standard InChI is InChI=1S/C33H40N2O5/c1-4-5-20-40-33(2,31(36)37)22-25-13-17-30(18-14-25)39-21-19-29-24-35(32(38)34(29)3)23-26-11-15-28(16-12-26)27-9-7-6-8-10-27/h6-18,29H,4-5,19-24H2,1-3H3,(H,36,37)/t29-,33+/m1/s1. The van der Waals surface area contributed by atoms with E-state index in [1.165, 1.54) is 5.56 Å². The predicted molar refractivity (Wildman–Crippen MR) is 156 cm³/mol. The van der Waals surface area contributed by atoms with Gasteiger partial charge in [0.2, 0.25) is 0 Å². The van der Waals surface area contributed by atoms with Crippen LogP contribution in [0.15, 0.2) is 78.9 Å². The lowest BCUT2D eigenvalue weighted by atomic mass is 9.96. The number of hydrogen-bond donors (Lipinski definition) is 1. The number of carboxylic acid groups (broad SMARTS) is 1. The summed E-state index contributed by atoms with van der Waals surface area (Å²) in [5.41, 5.74) is 3.06. The number of unbranched alkanes of at least 4 members (excludes halogenated alkanes) is 1. The summed E-state index contributed by atoms with van der Waals surface area (Å²) in [5, 5.41) is 9.68. The highest BCUT2D eigenvalue weighted by Gasteiger charge is 2.35. The van der Waals surface area contributed by atoms with Crippen molar-refractivity contribution in [1.82, 2.24) is 9.80 Å². The lowest BCUT2D eigenvalue weighted by Gasteiger charge is -2.25. The fourth-order valence-corrected chi connectivity index (χ4v) is 4.94. The van der Waals surface area contributed by atoms with Crippen LogP contribution in [0, 0.1) is 0 Å². The fourth-order valence-electron chi connectivity index (χ4n) is 4.94. The second-order valence-electron chi connectivity index (χ2n) is 10.7. The van der Waals surface area contributed by atoms with Gasteiger partial charge in [-0.2, -0.15) is 0 Å². The van der Waals surface area contributed by atoms with Gasteiger partial charge in [0.05, 0.1) is 12.6 Å². The first-order valence-corrected chi connectivity index (χ1v) is 14.0. The van der Waals surface area contributed by atoms with E-state index in [9.17, 15) is 14.7 Å². The van der Waals surface area contributed by atoms with E-state index in [-0.39, 0.29) is 18.5 Å². The maximum atomic E-state index is 12.9. The molecule has 212 valence electrons. The van der Waals surface area contributed by atoms with Crippen LogP contribution in [0.4, 0.5) is 4.79 Å². The summed E-state index contributed by atoms with van der Waals surface area (Å²) < 4.78 is 11.7. The van der Waals surface area contributed by atoms with Crippen molar-refractivity contribution in [2.24, 2.45) is 0 Å². The number of carboxylic acids is 1. The van der Waals surface area contributed by atoms with Gasteiger partial charge in [0.1, 0.15) is 5.75 Å². The number of hydrogen-bond acceptors (Lipinski definition) is 4. The van der Waals surface area contributed by atoms with E-state index >= 15 is 0 Å². The van der Waals surface area contributed by atoms with Crippen LogP contribution in [0.1, 0.15) is 44.2 Å². The van der Waals surface area contributed by atoms with Crippen LogP contribution in [-0.2, 0) is 22.5 Å². The minimum atomic E-state index is -1.26. The van der Waals surface area contributed by atoms with Crippen LogP contribution in [0.25, 0.3) is 11.1 Å². The Morgan fingerprint density at radius 3 is 2.25 bits per heavy atom. The van der Waals surface area contributed by atoms with Crippen molar-refractivity contribution in [2.75, 3.05) is 26.8 Å². The fraction of sp³-hybridized carbons (Fsp3) is 0.394. The summed E-state index contributed by atoms with van der Waals surface area (Å²) in [6, 6.07) is 26.2. The van der Waals surface area contributed by atoms with Crippen LogP contribution in [0.2, 0.25) is 0 Å². The number of aliphatic carboxylic acids is 1. The average Bonchev–Trinajstić information content (AvgIpc) is 3.22. The van der Waals surface area contributed by atoms with Gasteiger partial charge in [-0.3, -0.25) is 0 Å². The van der Waals surface area contributed by atoms with Crippen LogP contribution < -0.4 is 4.74 Å². The minimum Gasteiger partial charge on any atom is -0.494 e. The molecule has 0 aromatic heterocycles. The van der Waals surface area contributed by atoms with Gasteiger partial charge in [-0.05, 0) is 47.7 Å². The Morgan fingerprint density at radius 1 is 0.950 bits per heavy atom. The smallest absolute Gasteiger partial charge is 0.336 e. The number of amides is 2. The van der Waals surface area contributed by atoms with Gasteiger partial charge in [0.25, 0.3) is 0 Å². The summed E-state index contributed by atoms with van der Waals surface area (Å²) in [5.74, 6) is -0.243.